The Morgan fingerprint density at radius 1 is 1.45 bits per heavy atom. The van der Waals surface area contributed by atoms with Gasteiger partial charge in [-0.25, -0.2) is 4.39 Å². The zero-order valence-corrected chi connectivity index (χ0v) is 12.9. The molecular weight excluding hydrogens is 302 g/mol. The lowest BCUT2D eigenvalue weighted by molar-refractivity contribution is 0.0922. The highest BCUT2D eigenvalue weighted by Gasteiger charge is 2.27. The topological polar surface area (TPSA) is 41.1 Å². The first-order chi connectivity index (χ1) is 9.00. The minimum Gasteiger partial charge on any atom is -0.351 e. The van der Waals surface area contributed by atoms with Crippen LogP contribution in [-0.4, -0.2) is 25.5 Å². The van der Waals surface area contributed by atoms with Crippen molar-refractivity contribution in [3.8, 4) is 0 Å². The molecule has 1 aliphatic heterocycles. The third-order valence-corrected chi connectivity index (χ3v) is 3.96. The van der Waals surface area contributed by atoms with Gasteiger partial charge in [-0.2, -0.15) is 0 Å². The first-order valence-corrected chi connectivity index (χ1v) is 6.82. The molecule has 0 spiro atoms. The predicted octanol–water partition coefficient (Wildman–Crippen LogP) is 3.02. The van der Waals surface area contributed by atoms with Crippen LogP contribution >= 0.6 is 24.0 Å². The number of carbonyl (C=O) groups excluding carboxylic acids is 1. The largest absolute Gasteiger partial charge is 0.351 e. The van der Waals surface area contributed by atoms with Crippen LogP contribution in [0.5, 0.6) is 0 Å². The number of hydrogen-bond acceptors (Lipinski definition) is 2. The second-order valence-electron chi connectivity index (χ2n) is 5.37. The number of hydrogen-bond donors (Lipinski definition) is 2. The van der Waals surface area contributed by atoms with Gasteiger partial charge in [0.2, 0.25) is 0 Å². The maximum Gasteiger partial charge on any atom is 0.251 e. The lowest BCUT2D eigenvalue weighted by Gasteiger charge is -2.34. The fourth-order valence-electron chi connectivity index (χ4n) is 2.24. The van der Waals surface area contributed by atoms with E-state index in [0.717, 1.165) is 25.9 Å². The molecule has 3 nitrogen and oxygen atoms in total. The third-order valence-electron chi connectivity index (χ3n) is 3.67. The van der Waals surface area contributed by atoms with Crippen LogP contribution in [0.1, 0.15) is 30.1 Å². The summed E-state index contributed by atoms with van der Waals surface area (Å²) in [5.41, 5.74) is 0.522. The van der Waals surface area contributed by atoms with Gasteiger partial charge in [0.1, 0.15) is 5.82 Å². The summed E-state index contributed by atoms with van der Waals surface area (Å²) < 4.78 is 13.0. The number of carbonyl (C=O) groups is 1. The maximum absolute atomic E-state index is 13.0. The first kappa shape index (κ1) is 17.2. The van der Waals surface area contributed by atoms with Gasteiger partial charge >= 0.3 is 0 Å². The number of amides is 1. The number of nitrogens with one attached hydrogen (secondary N) is 2. The quantitative estimate of drug-likeness (QED) is 0.898. The molecule has 1 aromatic rings. The van der Waals surface area contributed by atoms with Gasteiger partial charge in [0, 0.05) is 12.1 Å². The van der Waals surface area contributed by atoms with E-state index in [0.29, 0.717) is 12.1 Å². The van der Waals surface area contributed by atoms with Gasteiger partial charge in [0.05, 0.1) is 5.02 Å². The average molecular weight is 321 g/mol. The van der Waals surface area contributed by atoms with Crippen molar-refractivity contribution >= 4 is 29.9 Å². The van der Waals surface area contributed by atoms with E-state index in [1.807, 2.05) is 0 Å². The zero-order valence-electron chi connectivity index (χ0n) is 11.3. The molecule has 1 fully saturated rings. The minimum atomic E-state index is -0.511. The van der Waals surface area contributed by atoms with Crippen LogP contribution in [0.15, 0.2) is 18.2 Å². The summed E-state index contributed by atoms with van der Waals surface area (Å²) in [5.74, 6) is -0.717. The molecule has 1 saturated heterocycles. The molecule has 6 heteroatoms. The molecular formula is C14H19Cl2FN2O. The highest BCUT2D eigenvalue weighted by molar-refractivity contribution is 6.31. The van der Waals surface area contributed by atoms with Crippen molar-refractivity contribution in [2.24, 2.45) is 5.41 Å². The van der Waals surface area contributed by atoms with Crippen molar-refractivity contribution in [2.45, 2.75) is 19.8 Å². The first-order valence-electron chi connectivity index (χ1n) is 6.44. The fourth-order valence-corrected chi connectivity index (χ4v) is 2.42. The molecule has 0 aromatic heterocycles. The van der Waals surface area contributed by atoms with Crippen molar-refractivity contribution in [2.75, 3.05) is 19.6 Å². The van der Waals surface area contributed by atoms with Gasteiger partial charge in [-0.3, -0.25) is 4.79 Å². The van der Waals surface area contributed by atoms with Crippen molar-refractivity contribution < 1.29 is 9.18 Å². The van der Waals surface area contributed by atoms with Crippen LogP contribution in [0.25, 0.3) is 0 Å². The van der Waals surface area contributed by atoms with Crippen LogP contribution in [0, 0.1) is 11.2 Å². The molecule has 1 amide bonds. The molecule has 0 saturated carbocycles. The Labute approximate surface area is 129 Å². The molecule has 0 atom stereocenters. The lowest BCUT2D eigenvalue weighted by Crippen LogP contribution is -2.42. The van der Waals surface area contributed by atoms with Crippen molar-refractivity contribution in [1.29, 1.82) is 0 Å². The van der Waals surface area contributed by atoms with Crippen LogP contribution in [0.2, 0.25) is 5.02 Å². The molecule has 2 N–H and O–H groups in total. The third kappa shape index (κ3) is 4.33. The van der Waals surface area contributed by atoms with Crippen molar-refractivity contribution in [1.82, 2.24) is 10.6 Å². The molecule has 1 heterocycles. The van der Waals surface area contributed by atoms with Crippen molar-refractivity contribution in [3.05, 3.63) is 34.6 Å². The second-order valence-corrected chi connectivity index (χ2v) is 5.78. The van der Waals surface area contributed by atoms with Gasteiger partial charge < -0.3 is 10.6 Å². The minimum absolute atomic E-state index is 0. The van der Waals surface area contributed by atoms with Gasteiger partial charge in [-0.05, 0) is 49.5 Å². The molecule has 1 aromatic carbocycles. The summed E-state index contributed by atoms with van der Waals surface area (Å²) >= 11 is 5.67. The fraction of sp³-hybridized carbons (Fsp3) is 0.500. The smallest absolute Gasteiger partial charge is 0.251 e. The van der Waals surface area contributed by atoms with E-state index in [2.05, 4.69) is 17.6 Å². The van der Waals surface area contributed by atoms with Gasteiger partial charge in [0.15, 0.2) is 0 Å². The summed E-state index contributed by atoms with van der Waals surface area (Å²) in [6, 6.07) is 4.02. The molecule has 2 rings (SSSR count). The zero-order chi connectivity index (χ0) is 13.9. The Kier molecular flexibility index (Phi) is 6.24. The Balaban J connectivity index is 0.00000200. The Morgan fingerprint density at radius 2 is 2.10 bits per heavy atom. The van der Waals surface area contributed by atoms with Gasteiger partial charge in [0.25, 0.3) is 5.91 Å². The van der Waals surface area contributed by atoms with Crippen molar-refractivity contribution in [3.63, 3.8) is 0 Å². The van der Waals surface area contributed by atoms with Crippen LogP contribution < -0.4 is 10.6 Å². The van der Waals surface area contributed by atoms with E-state index in [9.17, 15) is 9.18 Å². The summed E-state index contributed by atoms with van der Waals surface area (Å²) in [7, 11) is 0. The average Bonchev–Trinajstić information content (AvgIpc) is 2.40. The normalized spacial score (nSPS) is 17.1. The number of piperidine rings is 1. The van der Waals surface area contributed by atoms with E-state index >= 15 is 0 Å². The highest BCUT2D eigenvalue weighted by atomic mass is 35.5. The SMILES string of the molecule is CC1(CNC(=O)c2ccc(F)c(Cl)c2)CCNCC1.Cl. The number of rotatable bonds is 3. The van der Waals surface area contributed by atoms with Crippen LogP contribution in [-0.2, 0) is 0 Å². The summed E-state index contributed by atoms with van der Waals surface area (Å²) in [5, 5.41) is 6.18. The Bertz CT molecular complexity index is 476. The molecule has 20 heavy (non-hydrogen) atoms. The molecule has 0 bridgehead atoms. The molecule has 112 valence electrons. The predicted molar refractivity (Wildman–Crippen MR) is 81.2 cm³/mol. The number of halogens is 3. The van der Waals surface area contributed by atoms with E-state index in [1.165, 1.54) is 18.2 Å². The van der Waals surface area contributed by atoms with Crippen LogP contribution in [0.4, 0.5) is 4.39 Å². The summed E-state index contributed by atoms with van der Waals surface area (Å²) in [6.45, 7) is 4.76. The second kappa shape index (κ2) is 7.25. The highest BCUT2D eigenvalue weighted by Crippen LogP contribution is 2.26. The number of benzene rings is 1. The maximum atomic E-state index is 13.0. The monoisotopic (exact) mass is 320 g/mol. The summed E-state index contributed by atoms with van der Waals surface area (Å²) in [6.07, 6.45) is 2.08. The standard InChI is InChI=1S/C14H18ClFN2O.ClH/c1-14(4-6-17-7-5-14)9-18-13(19)10-2-3-12(16)11(15)8-10;/h2-3,8,17H,4-7,9H2,1H3,(H,18,19);1H. The summed E-state index contributed by atoms with van der Waals surface area (Å²) in [4.78, 5) is 12.0. The van der Waals surface area contributed by atoms with Gasteiger partial charge in [-0.1, -0.05) is 18.5 Å². The van der Waals surface area contributed by atoms with Gasteiger partial charge in [-0.15, -0.1) is 12.4 Å². The Morgan fingerprint density at radius 3 is 2.70 bits per heavy atom. The Hall–Kier alpha value is -0.840. The molecule has 0 unspecified atom stereocenters. The van der Waals surface area contributed by atoms with E-state index < -0.39 is 5.82 Å². The molecule has 0 radical (unpaired) electrons. The van der Waals surface area contributed by atoms with Crippen LogP contribution in [0.3, 0.4) is 0 Å². The lowest BCUT2D eigenvalue weighted by atomic mass is 9.81. The van der Waals surface area contributed by atoms with E-state index in [4.69, 9.17) is 11.6 Å². The molecule has 0 aliphatic carbocycles. The van der Waals surface area contributed by atoms with E-state index in [-0.39, 0.29) is 28.8 Å². The molecule has 1 aliphatic rings. The van der Waals surface area contributed by atoms with E-state index in [1.54, 1.807) is 0 Å².